The molecule has 1 aromatic carbocycles. The topological polar surface area (TPSA) is 38.3 Å². The van der Waals surface area contributed by atoms with Crippen LogP contribution in [0.25, 0.3) is 0 Å². The quantitative estimate of drug-likeness (QED) is 0.875. The molecular weight excluding hydrogens is 294 g/mol. The first-order valence-corrected chi connectivity index (χ1v) is 6.93. The first-order chi connectivity index (χ1) is 8.58. The predicted molar refractivity (Wildman–Crippen MR) is 76.9 cm³/mol. The first kappa shape index (κ1) is 15.2. The van der Waals surface area contributed by atoms with Crippen LogP contribution in [-0.4, -0.2) is 25.7 Å². The summed E-state index contributed by atoms with van der Waals surface area (Å²) >= 11 is 3.41. The minimum atomic E-state index is -0.0546. The number of hydrogen-bond acceptors (Lipinski definition) is 2. The van der Waals surface area contributed by atoms with E-state index >= 15 is 0 Å². The number of carbonyl (C=O) groups is 1. The van der Waals surface area contributed by atoms with E-state index in [2.05, 4.69) is 28.2 Å². The lowest BCUT2D eigenvalue weighted by molar-refractivity contribution is 0.0891. The van der Waals surface area contributed by atoms with Crippen LogP contribution < -0.4 is 5.32 Å². The number of methoxy groups -OCH3 is 1. The minimum Gasteiger partial charge on any atom is -0.383 e. The summed E-state index contributed by atoms with van der Waals surface area (Å²) < 4.78 is 5.94. The van der Waals surface area contributed by atoms with Gasteiger partial charge in [0.1, 0.15) is 0 Å². The van der Waals surface area contributed by atoms with Crippen molar-refractivity contribution in [3.05, 3.63) is 33.8 Å². The lowest BCUT2D eigenvalue weighted by Crippen LogP contribution is -2.38. The van der Waals surface area contributed by atoms with Crippen LogP contribution in [-0.2, 0) is 4.74 Å². The van der Waals surface area contributed by atoms with Crippen molar-refractivity contribution in [1.29, 1.82) is 0 Å². The number of halogens is 1. The van der Waals surface area contributed by atoms with Crippen LogP contribution in [0.4, 0.5) is 0 Å². The van der Waals surface area contributed by atoms with Crippen molar-refractivity contribution < 1.29 is 9.53 Å². The molecule has 0 bridgehead atoms. The van der Waals surface area contributed by atoms with Crippen molar-refractivity contribution in [3.8, 4) is 0 Å². The Labute approximate surface area is 117 Å². The summed E-state index contributed by atoms with van der Waals surface area (Å²) in [5.74, 6) is -0.0546. The molecule has 0 saturated carbocycles. The molecule has 18 heavy (non-hydrogen) atoms. The van der Waals surface area contributed by atoms with Gasteiger partial charge in [0.2, 0.25) is 0 Å². The van der Waals surface area contributed by atoms with Gasteiger partial charge in [-0.1, -0.05) is 25.0 Å². The van der Waals surface area contributed by atoms with Crippen LogP contribution in [0.15, 0.2) is 22.7 Å². The van der Waals surface area contributed by atoms with Crippen LogP contribution >= 0.6 is 15.9 Å². The number of hydrogen-bond donors (Lipinski definition) is 1. The number of aryl methyl sites for hydroxylation is 1. The van der Waals surface area contributed by atoms with E-state index < -0.39 is 0 Å². The molecule has 0 spiro atoms. The molecule has 1 N–H and O–H groups in total. The summed E-state index contributed by atoms with van der Waals surface area (Å²) in [5.41, 5.74) is 1.74. The van der Waals surface area contributed by atoms with E-state index in [4.69, 9.17) is 4.74 Å². The molecule has 0 heterocycles. The van der Waals surface area contributed by atoms with Gasteiger partial charge in [-0.15, -0.1) is 0 Å². The van der Waals surface area contributed by atoms with E-state index in [0.717, 1.165) is 22.9 Å². The molecule has 0 radical (unpaired) electrons. The second-order valence-electron chi connectivity index (χ2n) is 4.40. The Kier molecular flexibility index (Phi) is 6.36. The van der Waals surface area contributed by atoms with Gasteiger partial charge in [-0.05, 0) is 41.4 Å². The second-order valence-corrected chi connectivity index (χ2v) is 5.25. The molecule has 0 fully saturated rings. The Hall–Kier alpha value is -0.870. The van der Waals surface area contributed by atoms with Crippen LogP contribution in [0, 0.1) is 6.92 Å². The standard InChI is InChI=1S/C14H20BrNO2/c1-4-5-11(9-18-3)16-14(17)12-8-10(2)6-7-13(12)15/h6-8,11H,4-5,9H2,1-3H3,(H,16,17). The Morgan fingerprint density at radius 2 is 2.22 bits per heavy atom. The fourth-order valence-electron chi connectivity index (χ4n) is 1.82. The zero-order chi connectivity index (χ0) is 13.5. The predicted octanol–water partition coefficient (Wildman–Crippen LogP) is 3.30. The Morgan fingerprint density at radius 1 is 1.50 bits per heavy atom. The molecule has 3 nitrogen and oxygen atoms in total. The van der Waals surface area contributed by atoms with Gasteiger partial charge < -0.3 is 10.1 Å². The maximum Gasteiger partial charge on any atom is 0.252 e. The molecular formula is C14H20BrNO2. The molecule has 100 valence electrons. The monoisotopic (exact) mass is 313 g/mol. The summed E-state index contributed by atoms with van der Waals surface area (Å²) in [6.45, 7) is 4.61. The van der Waals surface area contributed by atoms with Crippen molar-refractivity contribution in [2.45, 2.75) is 32.7 Å². The smallest absolute Gasteiger partial charge is 0.252 e. The highest BCUT2D eigenvalue weighted by atomic mass is 79.9. The maximum absolute atomic E-state index is 12.2. The molecule has 1 atom stereocenters. The largest absolute Gasteiger partial charge is 0.383 e. The average Bonchev–Trinajstić information content (AvgIpc) is 2.33. The number of nitrogens with one attached hydrogen (secondary N) is 1. The molecule has 0 aliphatic rings. The fourth-order valence-corrected chi connectivity index (χ4v) is 2.25. The third kappa shape index (κ3) is 4.42. The molecule has 0 saturated heterocycles. The van der Waals surface area contributed by atoms with E-state index in [1.54, 1.807) is 7.11 Å². The molecule has 4 heteroatoms. The molecule has 1 unspecified atom stereocenters. The molecule has 1 amide bonds. The molecule has 0 aliphatic heterocycles. The van der Waals surface area contributed by atoms with E-state index in [-0.39, 0.29) is 11.9 Å². The van der Waals surface area contributed by atoms with Gasteiger partial charge in [0.05, 0.1) is 18.2 Å². The van der Waals surface area contributed by atoms with Crippen molar-refractivity contribution in [3.63, 3.8) is 0 Å². The van der Waals surface area contributed by atoms with Crippen LogP contribution in [0.2, 0.25) is 0 Å². The van der Waals surface area contributed by atoms with E-state index in [1.165, 1.54) is 0 Å². The summed E-state index contributed by atoms with van der Waals surface area (Å²) in [7, 11) is 1.65. The fraction of sp³-hybridized carbons (Fsp3) is 0.500. The Morgan fingerprint density at radius 3 is 2.83 bits per heavy atom. The number of carbonyl (C=O) groups excluding carboxylic acids is 1. The number of benzene rings is 1. The van der Waals surface area contributed by atoms with Crippen molar-refractivity contribution >= 4 is 21.8 Å². The number of ether oxygens (including phenoxy) is 1. The Balaban J connectivity index is 2.76. The van der Waals surface area contributed by atoms with Crippen molar-refractivity contribution in [2.75, 3.05) is 13.7 Å². The van der Waals surface area contributed by atoms with Gasteiger partial charge in [0, 0.05) is 11.6 Å². The molecule has 0 aliphatic carbocycles. The maximum atomic E-state index is 12.2. The van der Waals surface area contributed by atoms with Gasteiger partial charge in [0.25, 0.3) is 5.91 Å². The van der Waals surface area contributed by atoms with Crippen LogP contribution in [0.3, 0.4) is 0 Å². The average molecular weight is 314 g/mol. The highest BCUT2D eigenvalue weighted by Gasteiger charge is 2.15. The van der Waals surface area contributed by atoms with Crippen LogP contribution in [0.1, 0.15) is 35.7 Å². The van der Waals surface area contributed by atoms with Gasteiger partial charge >= 0.3 is 0 Å². The molecule has 1 rings (SSSR count). The number of amides is 1. The Bertz CT molecular complexity index is 401. The molecule has 0 aromatic heterocycles. The van der Waals surface area contributed by atoms with Crippen LogP contribution in [0.5, 0.6) is 0 Å². The highest BCUT2D eigenvalue weighted by molar-refractivity contribution is 9.10. The summed E-state index contributed by atoms with van der Waals surface area (Å²) in [6.07, 6.45) is 1.94. The zero-order valence-corrected chi connectivity index (χ0v) is 12.7. The number of rotatable bonds is 6. The van der Waals surface area contributed by atoms with Crippen molar-refractivity contribution in [1.82, 2.24) is 5.32 Å². The van der Waals surface area contributed by atoms with Gasteiger partial charge in [-0.3, -0.25) is 4.79 Å². The van der Waals surface area contributed by atoms with Gasteiger partial charge in [0.15, 0.2) is 0 Å². The van der Waals surface area contributed by atoms with E-state index in [0.29, 0.717) is 12.2 Å². The van der Waals surface area contributed by atoms with Gasteiger partial charge in [-0.2, -0.15) is 0 Å². The summed E-state index contributed by atoms with van der Waals surface area (Å²) in [4.78, 5) is 12.2. The molecule has 1 aromatic rings. The summed E-state index contributed by atoms with van der Waals surface area (Å²) in [6, 6.07) is 5.82. The third-order valence-electron chi connectivity index (χ3n) is 2.71. The van der Waals surface area contributed by atoms with Gasteiger partial charge in [-0.25, -0.2) is 0 Å². The lowest BCUT2D eigenvalue weighted by atomic mass is 10.1. The van der Waals surface area contributed by atoms with Crippen molar-refractivity contribution in [2.24, 2.45) is 0 Å². The first-order valence-electron chi connectivity index (χ1n) is 6.14. The third-order valence-corrected chi connectivity index (χ3v) is 3.40. The SMILES string of the molecule is CCCC(COC)NC(=O)c1cc(C)ccc1Br. The zero-order valence-electron chi connectivity index (χ0n) is 11.1. The van der Waals surface area contributed by atoms with E-state index in [1.807, 2.05) is 25.1 Å². The normalized spacial score (nSPS) is 12.2. The highest BCUT2D eigenvalue weighted by Crippen LogP contribution is 2.18. The van der Waals surface area contributed by atoms with E-state index in [9.17, 15) is 4.79 Å². The minimum absolute atomic E-state index is 0.0546. The lowest BCUT2D eigenvalue weighted by Gasteiger charge is -2.17. The summed E-state index contributed by atoms with van der Waals surface area (Å²) in [5, 5.41) is 3.01. The second kappa shape index (κ2) is 7.54.